The monoisotopic (exact) mass is 684 g/mol. The number of benzene rings is 1. The first kappa shape index (κ1) is 16.1. The summed E-state index contributed by atoms with van der Waals surface area (Å²) in [6.45, 7) is 0. The minimum atomic E-state index is -1.12. The summed E-state index contributed by atoms with van der Waals surface area (Å²) in [5.74, 6) is -1.75. The third kappa shape index (κ3) is 3.16. The molecular formula is C9H4I4O4. The molecule has 0 aliphatic carbocycles. The van der Waals surface area contributed by atoms with Gasteiger partial charge in [0.25, 0.3) is 0 Å². The highest BCUT2D eigenvalue weighted by molar-refractivity contribution is 14.1. The van der Waals surface area contributed by atoms with Gasteiger partial charge in [0.05, 0.1) is 18.2 Å². The standard InChI is InChI=1S/C9H4I4O4/c1-17-9(16)3-2(8(14)15)4(10)6(12)7(13)5(3)11/h1H3,(H,14,15). The van der Waals surface area contributed by atoms with Crippen molar-refractivity contribution in [1.29, 1.82) is 0 Å². The lowest BCUT2D eigenvalue weighted by atomic mass is 10.1. The van der Waals surface area contributed by atoms with Gasteiger partial charge < -0.3 is 9.84 Å². The second-order valence-electron chi connectivity index (χ2n) is 2.80. The van der Waals surface area contributed by atoms with Crippen molar-refractivity contribution in [2.45, 2.75) is 0 Å². The molecule has 0 unspecified atom stereocenters. The van der Waals surface area contributed by atoms with Crippen LogP contribution < -0.4 is 0 Å². The fourth-order valence-electron chi connectivity index (χ4n) is 1.13. The lowest BCUT2D eigenvalue weighted by Crippen LogP contribution is -2.16. The van der Waals surface area contributed by atoms with Gasteiger partial charge in [-0.3, -0.25) is 0 Å². The van der Waals surface area contributed by atoms with Crippen molar-refractivity contribution in [2.24, 2.45) is 0 Å². The van der Waals surface area contributed by atoms with Crippen LogP contribution in [0.25, 0.3) is 0 Å². The van der Waals surface area contributed by atoms with E-state index in [-0.39, 0.29) is 11.1 Å². The van der Waals surface area contributed by atoms with Gasteiger partial charge in [-0.1, -0.05) is 0 Å². The predicted molar refractivity (Wildman–Crippen MR) is 95.6 cm³/mol. The third-order valence-corrected chi connectivity index (χ3v) is 9.28. The fraction of sp³-hybridized carbons (Fsp3) is 0.111. The first-order valence-corrected chi connectivity index (χ1v) is 8.32. The molecule has 8 heteroatoms. The number of ether oxygens (including phenoxy) is 1. The molecule has 4 nitrogen and oxygen atoms in total. The molecule has 0 aliphatic heterocycles. The molecule has 0 fully saturated rings. The number of carboxylic acid groups (broad SMARTS) is 1. The summed E-state index contributed by atoms with van der Waals surface area (Å²) in [4.78, 5) is 22.9. The van der Waals surface area contributed by atoms with Gasteiger partial charge in [0, 0.05) is 14.3 Å². The maximum Gasteiger partial charge on any atom is 0.339 e. The normalized spacial score (nSPS) is 10.2. The van der Waals surface area contributed by atoms with E-state index in [4.69, 9.17) is 0 Å². The van der Waals surface area contributed by atoms with E-state index in [0.717, 1.165) is 7.14 Å². The van der Waals surface area contributed by atoms with Crippen LogP contribution in [-0.2, 0) is 4.74 Å². The number of aromatic carboxylic acids is 1. The van der Waals surface area contributed by atoms with E-state index >= 15 is 0 Å². The van der Waals surface area contributed by atoms with Gasteiger partial charge in [-0.15, -0.1) is 0 Å². The summed E-state index contributed by atoms with van der Waals surface area (Å²) < 4.78 is 7.50. The molecule has 0 amide bonds. The summed E-state index contributed by atoms with van der Waals surface area (Å²) in [6.07, 6.45) is 0. The van der Waals surface area contributed by atoms with E-state index in [1.54, 1.807) is 0 Å². The smallest absolute Gasteiger partial charge is 0.339 e. The van der Waals surface area contributed by atoms with Crippen LogP contribution in [0.1, 0.15) is 20.7 Å². The number of carboxylic acids is 1. The molecule has 0 bridgehead atoms. The van der Waals surface area contributed by atoms with E-state index in [1.165, 1.54) is 7.11 Å². The molecule has 0 saturated heterocycles. The number of methoxy groups -OCH3 is 1. The molecule has 0 atom stereocenters. The summed E-state index contributed by atoms with van der Waals surface area (Å²) in [7, 11) is 1.24. The predicted octanol–water partition coefficient (Wildman–Crippen LogP) is 3.59. The second-order valence-corrected chi connectivity index (χ2v) is 7.12. The fourth-order valence-corrected chi connectivity index (χ4v) is 4.77. The Hall–Kier alpha value is 1.08. The van der Waals surface area contributed by atoms with E-state index in [0.29, 0.717) is 7.14 Å². The summed E-state index contributed by atoms with van der Waals surface area (Å²) in [5.41, 5.74) is 0.126. The molecule has 92 valence electrons. The lowest BCUT2D eigenvalue weighted by molar-refractivity contribution is 0.0580. The van der Waals surface area contributed by atoms with Crippen LogP contribution in [-0.4, -0.2) is 24.2 Å². The zero-order valence-electron chi connectivity index (χ0n) is 8.18. The van der Waals surface area contributed by atoms with Gasteiger partial charge in [-0.25, -0.2) is 9.59 Å². The largest absolute Gasteiger partial charge is 0.478 e. The molecule has 0 aromatic heterocycles. The van der Waals surface area contributed by atoms with Crippen molar-refractivity contribution in [3.8, 4) is 0 Å². The Bertz CT molecular complexity index is 512. The third-order valence-electron chi connectivity index (χ3n) is 1.87. The van der Waals surface area contributed by atoms with E-state index < -0.39 is 11.9 Å². The van der Waals surface area contributed by atoms with E-state index in [2.05, 4.69) is 49.9 Å². The van der Waals surface area contributed by atoms with Gasteiger partial charge in [0.1, 0.15) is 0 Å². The van der Waals surface area contributed by atoms with E-state index in [1.807, 2.05) is 45.2 Å². The zero-order chi connectivity index (χ0) is 13.3. The number of hydrogen-bond donors (Lipinski definition) is 1. The van der Waals surface area contributed by atoms with Crippen LogP contribution in [0, 0.1) is 14.3 Å². The molecule has 0 saturated carbocycles. The molecule has 0 aliphatic rings. The average Bonchev–Trinajstić information content (AvgIpc) is 2.29. The maximum atomic E-state index is 11.7. The number of carbonyl (C=O) groups is 2. The molecule has 0 spiro atoms. The van der Waals surface area contributed by atoms with Crippen molar-refractivity contribution >= 4 is 102 Å². The Morgan fingerprint density at radius 2 is 1.35 bits per heavy atom. The first-order chi connectivity index (χ1) is 7.82. The van der Waals surface area contributed by atoms with Gasteiger partial charge in [0.2, 0.25) is 0 Å². The molecular weight excluding hydrogens is 680 g/mol. The quantitative estimate of drug-likeness (QED) is 0.224. The van der Waals surface area contributed by atoms with Crippen LogP contribution in [0.4, 0.5) is 0 Å². The van der Waals surface area contributed by atoms with Crippen LogP contribution in [0.15, 0.2) is 0 Å². The Morgan fingerprint density at radius 1 is 0.941 bits per heavy atom. The molecule has 1 rings (SSSR count). The van der Waals surface area contributed by atoms with Gasteiger partial charge in [0.15, 0.2) is 0 Å². The summed E-state index contributed by atoms with van der Waals surface area (Å²) >= 11 is 8.06. The van der Waals surface area contributed by atoms with Crippen LogP contribution in [0.3, 0.4) is 0 Å². The van der Waals surface area contributed by atoms with Crippen molar-refractivity contribution in [2.75, 3.05) is 7.11 Å². The highest BCUT2D eigenvalue weighted by atomic mass is 127. The summed E-state index contributed by atoms with van der Waals surface area (Å²) in [5, 5.41) is 9.21. The van der Waals surface area contributed by atoms with Gasteiger partial charge >= 0.3 is 11.9 Å². The number of rotatable bonds is 2. The number of hydrogen-bond acceptors (Lipinski definition) is 3. The Labute approximate surface area is 152 Å². The van der Waals surface area contributed by atoms with Gasteiger partial charge in [-0.2, -0.15) is 0 Å². The summed E-state index contributed by atoms with van der Waals surface area (Å²) in [6, 6.07) is 0. The van der Waals surface area contributed by atoms with Crippen molar-refractivity contribution < 1.29 is 19.4 Å². The number of esters is 1. The molecule has 0 radical (unpaired) electrons. The van der Waals surface area contributed by atoms with Crippen molar-refractivity contribution in [1.82, 2.24) is 0 Å². The van der Waals surface area contributed by atoms with E-state index in [9.17, 15) is 14.7 Å². The maximum absolute atomic E-state index is 11.7. The molecule has 1 N–H and O–H groups in total. The van der Waals surface area contributed by atoms with Gasteiger partial charge in [-0.05, 0) is 90.4 Å². The number of halogens is 4. The Kier molecular flexibility index (Phi) is 6.16. The number of carbonyl (C=O) groups excluding carboxylic acids is 1. The van der Waals surface area contributed by atoms with Crippen LogP contribution in [0.2, 0.25) is 0 Å². The van der Waals surface area contributed by atoms with Crippen LogP contribution in [0.5, 0.6) is 0 Å². The first-order valence-electron chi connectivity index (χ1n) is 4.00. The van der Waals surface area contributed by atoms with Crippen LogP contribution >= 0.6 is 90.4 Å². The SMILES string of the molecule is COC(=O)c1c(I)c(I)c(I)c(I)c1C(=O)O. The average molecular weight is 684 g/mol. The van der Waals surface area contributed by atoms with Crippen molar-refractivity contribution in [3.63, 3.8) is 0 Å². The highest BCUT2D eigenvalue weighted by Gasteiger charge is 2.27. The molecule has 1 aromatic rings. The minimum absolute atomic E-state index is 0.00617. The minimum Gasteiger partial charge on any atom is -0.478 e. The molecule has 0 heterocycles. The highest BCUT2D eigenvalue weighted by Crippen LogP contribution is 2.33. The molecule has 17 heavy (non-hydrogen) atoms. The lowest BCUT2D eigenvalue weighted by Gasteiger charge is -2.13. The van der Waals surface area contributed by atoms with Crippen molar-refractivity contribution in [3.05, 3.63) is 25.4 Å². The molecule has 1 aromatic carbocycles. The topological polar surface area (TPSA) is 63.6 Å². The Balaban J connectivity index is 3.78. The second kappa shape index (κ2) is 6.49. The Morgan fingerprint density at radius 3 is 1.71 bits per heavy atom. The zero-order valence-corrected chi connectivity index (χ0v) is 16.8.